The van der Waals surface area contributed by atoms with Crippen molar-refractivity contribution in [3.05, 3.63) is 83.2 Å². The number of imidazole rings is 1. The minimum Gasteiger partial charge on any atom is -0.491 e. The molecule has 0 aliphatic heterocycles. The van der Waals surface area contributed by atoms with Gasteiger partial charge in [0.2, 0.25) is 0 Å². The van der Waals surface area contributed by atoms with Gasteiger partial charge >= 0.3 is 0 Å². The van der Waals surface area contributed by atoms with Crippen LogP contribution in [-0.4, -0.2) is 33.9 Å². The maximum absolute atomic E-state index is 13.7. The second kappa shape index (κ2) is 10.4. The second-order valence-electron chi connectivity index (χ2n) is 7.08. The van der Waals surface area contributed by atoms with E-state index in [0.29, 0.717) is 0 Å². The summed E-state index contributed by atoms with van der Waals surface area (Å²) >= 11 is 0. The monoisotopic (exact) mass is 419 g/mol. The minimum absolute atomic E-state index is 0. The van der Waals surface area contributed by atoms with E-state index in [0.717, 1.165) is 28.3 Å². The van der Waals surface area contributed by atoms with Crippen molar-refractivity contribution in [1.82, 2.24) is 14.9 Å². The van der Waals surface area contributed by atoms with Crippen LogP contribution in [0.15, 0.2) is 54.9 Å². The van der Waals surface area contributed by atoms with E-state index in [1.165, 1.54) is 12.1 Å². The van der Waals surface area contributed by atoms with Crippen LogP contribution in [0.3, 0.4) is 0 Å². The maximum Gasteiger partial charge on any atom is 0.130 e. The lowest BCUT2D eigenvalue weighted by atomic mass is 10.1. The van der Waals surface area contributed by atoms with Gasteiger partial charge in [0.25, 0.3) is 0 Å². The first-order chi connectivity index (χ1) is 13.4. The molecule has 2 unspecified atom stereocenters. The predicted octanol–water partition coefficient (Wildman–Crippen LogP) is 3.72. The molecule has 0 fully saturated rings. The van der Waals surface area contributed by atoms with Crippen molar-refractivity contribution in [1.29, 1.82) is 0 Å². The molecule has 0 radical (unpaired) electrons. The van der Waals surface area contributed by atoms with Gasteiger partial charge in [-0.05, 0) is 54.8 Å². The topological polar surface area (TPSA) is 59.3 Å². The molecule has 29 heavy (non-hydrogen) atoms. The zero-order valence-electron chi connectivity index (χ0n) is 16.8. The van der Waals surface area contributed by atoms with E-state index in [4.69, 9.17) is 4.74 Å². The van der Waals surface area contributed by atoms with Crippen molar-refractivity contribution in [3.63, 3.8) is 0 Å². The Morgan fingerprint density at radius 2 is 1.90 bits per heavy atom. The summed E-state index contributed by atoms with van der Waals surface area (Å²) in [5.74, 6) is 1.17. The first-order valence-corrected chi connectivity index (χ1v) is 9.27. The molecule has 1 heterocycles. The van der Waals surface area contributed by atoms with Gasteiger partial charge in [0, 0.05) is 26.0 Å². The Labute approximate surface area is 177 Å². The Kier molecular flexibility index (Phi) is 8.20. The standard InChI is InChI=1S/C22H26FN3O2.ClH/c1-15-9-16(2)11-20(10-15)28-14-19(27)13-25-21(22-24-7-8-26(22)3)17-5-4-6-18(23)12-17;/h4-12,19,21,25,27H,13-14H2,1-3H3;1H. The lowest BCUT2D eigenvalue weighted by Crippen LogP contribution is -2.35. The van der Waals surface area contributed by atoms with E-state index in [9.17, 15) is 9.50 Å². The van der Waals surface area contributed by atoms with Gasteiger partial charge < -0.3 is 19.7 Å². The van der Waals surface area contributed by atoms with Crippen LogP contribution in [0.25, 0.3) is 0 Å². The van der Waals surface area contributed by atoms with E-state index in [1.54, 1.807) is 12.3 Å². The first kappa shape index (κ1) is 22.9. The fourth-order valence-electron chi connectivity index (χ4n) is 3.22. The highest BCUT2D eigenvalue weighted by Crippen LogP contribution is 2.21. The van der Waals surface area contributed by atoms with Crippen molar-refractivity contribution in [2.75, 3.05) is 13.2 Å². The molecule has 0 saturated heterocycles. The second-order valence-corrected chi connectivity index (χ2v) is 7.08. The largest absolute Gasteiger partial charge is 0.491 e. The molecule has 0 bridgehead atoms. The normalized spacial score (nSPS) is 12.9. The van der Waals surface area contributed by atoms with Crippen LogP contribution < -0.4 is 10.1 Å². The number of nitrogens with one attached hydrogen (secondary N) is 1. The van der Waals surface area contributed by atoms with Gasteiger partial charge in [-0.25, -0.2) is 9.37 Å². The molecule has 2 N–H and O–H groups in total. The average molecular weight is 420 g/mol. The Balaban J connectivity index is 0.00000300. The number of halogens is 2. The van der Waals surface area contributed by atoms with E-state index in [2.05, 4.69) is 16.4 Å². The molecule has 5 nitrogen and oxygen atoms in total. The molecule has 3 aromatic rings. The van der Waals surface area contributed by atoms with Crippen molar-refractivity contribution >= 4 is 12.4 Å². The van der Waals surface area contributed by atoms with Crippen LogP contribution in [0.1, 0.15) is 28.6 Å². The lowest BCUT2D eigenvalue weighted by Gasteiger charge is -2.21. The summed E-state index contributed by atoms with van der Waals surface area (Å²) in [6.45, 7) is 4.45. The number of hydrogen-bond acceptors (Lipinski definition) is 4. The summed E-state index contributed by atoms with van der Waals surface area (Å²) in [6.07, 6.45) is 2.81. The highest BCUT2D eigenvalue weighted by Gasteiger charge is 2.20. The number of aryl methyl sites for hydroxylation is 3. The zero-order chi connectivity index (χ0) is 20.1. The number of hydrogen-bond donors (Lipinski definition) is 2. The SMILES string of the molecule is Cc1cc(C)cc(OCC(O)CNC(c2cccc(F)c2)c2nccn2C)c1.Cl. The Morgan fingerprint density at radius 3 is 2.52 bits per heavy atom. The number of aliphatic hydroxyl groups is 1. The Hall–Kier alpha value is -2.41. The van der Waals surface area contributed by atoms with Crippen LogP contribution in [0, 0.1) is 19.7 Å². The molecule has 0 aliphatic carbocycles. The number of aliphatic hydroxyl groups excluding tert-OH is 1. The summed E-state index contributed by atoms with van der Waals surface area (Å²) < 4.78 is 21.3. The van der Waals surface area contributed by atoms with Crippen LogP contribution in [0.4, 0.5) is 4.39 Å². The lowest BCUT2D eigenvalue weighted by molar-refractivity contribution is 0.104. The maximum atomic E-state index is 13.7. The van der Waals surface area contributed by atoms with Crippen LogP contribution >= 0.6 is 12.4 Å². The quantitative estimate of drug-likeness (QED) is 0.584. The van der Waals surface area contributed by atoms with Gasteiger partial charge in [-0.3, -0.25) is 0 Å². The molecule has 2 atom stereocenters. The van der Waals surface area contributed by atoms with Gasteiger partial charge in [0.05, 0.1) is 6.04 Å². The summed E-state index contributed by atoms with van der Waals surface area (Å²) in [4.78, 5) is 4.38. The number of rotatable bonds is 8. The van der Waals surface area contributed by atoms with Crippen LogP contribution in [0.5, 0.6) is 5.75 Å². The van der Waals surface area contributed by atoms with E-state index < -0.39 is 6.10 Å². The molecule has 0 aliphatic rings. The first-order valence-electron chi connectivity index (χ1n) is 9.27. The number of nitrogens with zero attached hydrogens (tertiary/aromatic N) is 2. The van der Waals surface area contributed by atoms with Crippen LogP contribution in [-0.2, 0) is 7.05 Å². The van der Waals surface area contributed by atoms with Gasteiger partial charge in [0.15, 0.2) is 0 Å². The van der Waals surface area contributed by atoms with Gasteiger partial charge in [0.1, 0.15) is 30.1 Å². The summed E-state index contributed by atoms with van der Waals surface area (Å²) in [5, 5.41) is 13.7. The van der Waals surface area contributed by atoms with E-state index in [1.807, 2.05) is 49.9 Å². The minimum atomic E-state index is -0.725. The molecule has 3 rings (SSSR count). The molecule has 0 saturated carbocycles. The van der Waals surface area contributed by atoms with E-state index in [-0.39, 0.29) is 37.4 Å². The van der Waals surface area contributed by atoms with Crippen LogP contribution in [0.2, 0.25) is 0 Å². The Bertz CT molecular complexity index is 912. The highest BCUT2D eigenvalue weighted by atomic mass is 35.5. The van der Waals surface area contributed by atoms with Crippen molar-refractivity contribution in [2.24, 2.45) is 7.05 Å². The molecule has 7 heteroatoms. The Morgan fingerprint density at radius 1 is 1.17 bits per heavy atom. The average Bonchev–Trinajstić information content (AvgIpc) is 3.05. The smallest absolute Gasteiger partial charge is 0.130 e. The molecule has 0 spiro atoms. The zero-order valence-corrected chi connectivity index (χ0v) is 17.6. The van der Waals surface area contributed by atoms with Crippen molar-refractivity contribution in [3.8, 4) is 5.75 Å². The van der Waals surface area contributed by atoms with Gasteiger partial charge in [-0.2, -0.15) is 0 Å². The number of ether oxygens (including phenoxy) is 1. The van der Waals surface area contributed by atoms with Gasteiger partial charge in [-0.15, -0.1) is 12.4 Å². The molecular formula is C22H27ClFN3O2. The predicted molar refractivity (Wildman–Crippen MR) is 114 cm³/mol. The molecule has 0 amide bonds. The molecular weight excluding hydrogens is 393 g/mol. The summed E-state index contributed by atoms with van der Waals surface area (Å²) in [5.41, 5.74) is 2.98. The summed E-state index contributed by atoms with van der Waals surface area (Å²) in [7, 11) is 1.88. The third-order valence-electron chi connectivity index (χ3n) is 4.49. The van der Waals surface area contributed by atoms with Gasteiger partial charge in [-0.1, -0.05) is 18.2 Å². The van der Waals surface area contributed by atoms with Crippen molar-refractivity contribution < 1.29 is 14.2 Å². The molecule has 1 aromatic heterocycles. The molecule has 2 aromatic carbocycles. The van der Waals surface area contributed by atoms with Crippen molar-refractivity contribution in [2.45, 2.75) is 26.0 Å². The number of aromatic nitrogens is 2. The third-order valence-corrected chi connectivity index (χ3v) is 4.49. The number of benzene rings is 2. The fraction of sp³-hybridized carbons (Fsp3) is 0.318. The highest BCUT2D eigenvalue weighted by molar-refractivity contribution is 5.85. The molecule has 156 valence electrons. The third kappa shape index (κ3) is 6.29. The fourth-order valence-corrected chi connectivity index (χ4v) is 3.22. The summed E-state index contributed by atoms with van der Waals surface area (Å²) in [6, 6.07) is 12.0. The van der Waals surface area contributed by atoms with E-state index >= 15 is 0 Å².